The highest BCUT2D eigenvalue weighted by Gasteiger charge is 2.32. The van der Waals surface area contributed by atoms with Crippen molar-refractivity contribution in [3.05, 3.63) is 28.7 Å². The van der Waals surface area contributed by atoms with Gasteiger partial charge in [-0.15, -0.1) is 0 Å². The molecule has 0 aliphatic carbocycles. The van der Waals surface area contributed by atoms with Gasteiger partial charge in [0.05, 0.1) is 10.6 Å². The van der Waals surface area contributed by atoms with E-state index in [4.69, 9.17) is 0 Å². The number of benzene rings is 1. The van der Waals surface area contributed by atoms with Gasteiger partial charge in [0.2, 0.25) is 0 Å². The van der Waals surface area contributed by atoms with Crippen LogP contribution in [-0.2, 0) is 9.84 Å². The highest BCUT2D eigenvalue weighted by atomic mass is 79.9. The second kappa shape index (κ2) is 6.53. The summed E-state index contributed by atoms with van der Waals surface area (Å²) in [6.07, 6.45) is 1.70. The van der Waals surface area contributed by atoms with Crippen molar-refractivity contribution in [1.29, 1.82) is 0 Å². The topological polar surface area (TPSA) is 34.1 Å². The number of alkyl halides is 1. The molecule has 0 radical (unpaired) electrons. The summed E-state index contributed by atoms with van der Waals surface area (Å²) in [6.45, 7) is 4.09. The Kier molecular flexibility index (Phi) is 5.87. The molecule has 0 saturated carbocycles. The third-order valence-corrected chi connectivity index (χ3v) is 7.15. The molecule has 0 aromatic heterocycles. The van der Waals surface area contributed by atoms with Crippen LogP contribution in [0.2, 0.25) is 0 Å². The maximum Gasteiger partial charge on any atom is 0.178 e. The molecule has 0 heterocycles. The van der Waals surface area contributed by atoms with E-state index in [2.05, 4.69) is 31.9 Å². The fraction of sp³-hybridized carbons (Fsp3) is 0.538. The lowest BCUT2D eigenvalue weighted by molar-refractivity contribution is 0.351. The normalized spacial score (nSPS) is 12.7. The molecule has 18 heavy (non-hydrogen) atoms. The van der Waals surface area contributed by atoms with Gasteiger partial charge in [0, 0.05) is 9.80 Å². The Hall–Kier alpha value is 0.130. The van der Waals surface area contributed by atoms with Crippen molar-refractivity contribution in [2.75, 3.05) is 11.1 Å². The lowest BCUT2D eigenvalue weighted by Crippen LogP contribution is -2.30. The van der Waals surface area contributed by atoms with Gasteiger partial charge in [0.25, 0.3) is 0 Å². The average Bonchev–Trinajstić information content (AvgIpc) is 2.37. The largest absolute Gasteiger partial charge is 0.224 e. The summed E-state index contributed by atoms with van der Waals surface area (Å²) >= 11 is 6.77. The highest BCUT2D eigenvalue weighted by Crippen LogP contribution is 2.32. The van der Waals surface area contributed by atoms with Crippen LogP contribution in [0, 0.1) is 5.41 Å². The molecular weight excluding hydrogens is 380 g/mol. The van der Waals surface area contributed by atoms with Crippen LogP contribution in [0.25, 0.3) is 0 Å². The van der Waals surface area contributed by atoms with Crippen LogP contribution in [0.4, 0.5) is 0 Å². The van der Waals surface area contributed by atoms with Crippen LogP contribution in [0.5, 0.6) is 0 Å². The molecule has 1 rings (SSSR count). The molecule has 0 fully saturated rings. The van der Waals surface area contributed by atoms with Gasteiger partial charge in [-0.1, -0.05) is 45.7 Å². The summed E-state index contributed by atoms with van der Waals surface area (Å²) in [7, 11) is -3.22. The van der Waals surface area contributed by atoms with E-state index in [1.807, 2.05) is 13.8 Å². The predicted molar refractivity (Wildman–Crippen MR) is 83.0 cm³/mol. The van der Waals surface area contributed by atoms with Crippen LogP contribution >= 0.6 is 31.9 Å². The van der Waals surface area contributed by atoms with Crippen molar-refractivity contribution < 1.29 is 8.42 Å². The lowest BCUT2D eigenvalue weighted by Gasteiger charge is -2.29. The molecule has 5 heteroatoms. The minimum absolute atomic E-state index is 0.175. The molecule has 0 aliphatic heterocycles. The fourth-order valence-electron chi connectivity index (χ4n) is 1.81. The Bertz CT molecular complexity index is 468. The van der Waals surface area contributed by atoms with Crippen molar-refractivity contribution in [2.24, 2.45) is 5.41 Å². The molecule has 0 saturated heterocycles. The molecule has 0 atom stereocenters. The predicted octanol–water partition coefficient (Wildman–Crippen LogP) is 4.42. The molecule has 0 amide bonds. The smallest absolute Gasteiger partial charge is 0.178 e. The third kappa shape index (κ3) is 3.81. The molecule has 0 spiro atoms. The maximum absolute atomic E-state index is 12.4. The second-order valence-electron chi connectivity index (χ2n) is 4.55. The Morgan fingerprint density at radius 2 is 1.61 bits per heavy atom. The Morgan fingerprint density at radius 1 is 1.11 bits per heavy atom. The van der Waals surface area contributed by atoms with E-state index in [-0.39, 0.29) is 11.2 Å². The lowest BCUT2D eigenvalue weighted by atomic mass is 9.87. The number of halogens is 2. The first-order valence-electron chi connectivity index (χ1n) is 5.93. The van der Waals surface area contributed by atoms with Crippen LogP contribution in [0.3, 0.4) is 0 Å². The molecule has 2 nitrogen and oxygen atoms in total. The minimum atomic E-state index is -3.22. The molecule has 1 aromatic rings. The summed E-state index contributed by atoms with van der Waals surface area (Å²) in [5, 5.41) is 0.711. The van der Waals surface area contributed by atoms with E-state index in [0.29, 0.717) is 10.2 Å². The van der Waals surface area contributed by atoms with Gasteiger partial charge in [-0.25, -0.2) is 8.42 Å². The van der Waals surface area contributed by atoms with E-state index < -0.39 is 9.84 Å². The first-order chi connectivity index (χ1) is 8.39. The quantitative estimate of drug-likeness (QED) is 0.665. The van der Waals surface area contributed by atoms with Crippen molar-refractivity contribution >= 4 is 41.7 Å². The molecule has 0 aliphatic rings. The van der Waals surface area contributed by atoms with E-state index in [1.165, 1.54) is 0 Å². The highest BCUT2D eigenvalue weighted by molar-refractivity contribution is 9.10. The van der Waals surface area contributed by atoms with Gasteiger partial charge < -0.3 is 0 Å². The monoisotopic (exact) mass is 396 g/mol. The number of rotatable bonds is 6. The van der Waals surface area contributed by atoms with Crippen LogP contribution in [-0.4, -0.2) is 19.5 Å². The van der Waals surface area contributed by atoms with E-state index in [1.54, 1.807) is 24.3 Å². The zero-order valence-electron chi connectivity index (χ0n) is 10.6. The number of hydrogen-bond acceptors (Lipinski definition) is 2. The van der Waals surface area contributed by atoms with Gasteiger partial charge >= 0.3 is 0 Å². The maximum atomic E-state index is 12.4. The van der Waals surface area contributed by atoms with E-state index in [0.717, 1.165) is 17.3 Å². The molecule has 0 bridgehead atoms. The summed E-state index contributed by atoms with van der Waals surface area (Å²) < 4.78 is 25.7. The Labute approximate surface area is 126 Å². The Balaban J connectivity index is 3.04. The first-order valence-corrected chi connectivity index (χ1v) is 9.50. The minimum Gasteiger partial charge on any atom is -0.224 e. The molecule has 102 valence electrons. The van der Waals surface area contributed by atoms with Gasteiger partial charge in [-0.3, -0.25) is 0 Å². The van der Waals surface area contributed by atoms with Crippen molar-refractivity contribution in [1.82, 2.24) is 0 Å². The van der Waals surface area contributed by atoms with Crippen molar-refractivity contribution in [3.63, 3.8) is 0 Å². The molecular formula is C13H18Br2O2S. The molecule has 1 aromatic carbocycles. The zero-order valence-corrected chi connectivity index (χ0v) is 14.6. The SMILES string of the molecule is CCC(CC)(CBr)CS(=O)(=O)c1ccc(Br)cc1. The summed E-state index contributed by atoms with van der Waals surface area (Å²) in [6, 6.07) is 6.84. The Morgan fingerprint density at radius 3 is 2.00 bits per heavy atom. The van der Waals surface area contributed by atoms with Gasteiger partial charge in [-0.05, 0) is 42.5 Å². The van der Waals surface area contributed by atoms with Gasteiger partial charge in [0.1, 0.15) is 0 Å². The number of sulfone groups is 1. The van der Waals surface area contributed by atoms with Crippen molar-refractivity contribution in [3.8, 4) is 0 Å². The van der Waals surface area contributed by atoms with E-state index in [9.17, 15) is 8.42 Å². The summed E-state index contributed by atoms with van der Waals surface area (Å²) in [5.41, 5.74) is -0.175. The number of hydrogen-bond donors (Lipinski definition) is 0. The van der Waals surface area contributed by atoms with Gasteiger partial charge in [-0.2, -0.15) is 0 Å². The molecule has 0 N–H and O–H groups in total. The summed E-state index contributed by atoms with van der Waals surface area (Å²) in [5.74, 6) is 0.194. The van der Waals surface area contributed by atoms with Crippen LogP contribution < -0.4 is 0 Å². The second-order valence-corrected chi connectivity index (χ2v) is 8.02. The van der Waals surface area contributed by atoms with Gasteiger partial charge in [0.15, 0.2) is 9.84 Å². The average molecular weight is 398 g/mol. The van der Waals surface area contributed by atoms with Crippen LogP contribution in [0.15, 0.2) is 33.6 Å². The zero-order chi connectivity index (χ0) is 13.8. The fourth-order valence-corrected chi connectivity index (χ4v) is 5.36. The van der Waals surface area contributed by atoms with Crippen molar-refractivity contribution in [2.45, 2.75) is 31.6 Å². The standard InChI is InChI=1S/C13H18Br2O2S/c1-3-13(4-2,9-14)10-18(16,17)12-7-5-11(15)6-8-12/h5-8H,3-4,9-10H2,1-2H3. The van der Waals surface area contributed by atoms with E-state index >= 15 is 0 Å². The third-order valence-electron chi connectivity index (χ3n) is 3.45. The first kappa shape index (κ1) is 16.2. The molecule has 0 unspecified atom stereocenters. The summed E-state index contributed by atoms with van der Waals surface area (Å²) in [4.78, 5) is 0.401. The van der Waals surface area contributed by atoms with Crippen LogP contribution in [0.1, 0.15) is 26.7 Å².